The molecule has 2 bridgehead atoms. The van der Waals surface area contributed by atoms with Gasteiger partial charge in [0.05, 0.1) is 5.69 Å². The third-order valence-electron chi connectivity index (χ3n) is 6.73. The molecular weight excluding hydrogens is 355 g/mol. The molecule has 1 aliphatic carbocycles. The second-order valence-electron chi connectivity index (χ2n) is 8.22. The van der Waals surface area contributed by atoms with Crippen molar-refractivity contribution in [1.29, 1.82) is 0 Å². The molecule has 4 saturated heterocycles. The van der Waals surface area contributed by atoms with Gasteiger partial charge in [0.15, 0.2) is 0 Å². The van der Waals surface area contributed by atoms with Gasteiger partial charge in [-0.1, -0.05) is 6.07 Å². The lowest BCUT2D eigenvalue weighted by molar-refractivity contribution is 0.121. The maximum atomic E-state index is 4.54. The minimum Gasteiger partial charge on any atom is -0.316 e. The van der Waals surface area contributed by atoms with E-state index in [4.69, 9.17) is 0 Å². The molecule has 5 fully saturated rings. The Kier molecular flexibility index (Phi) is 6.27. The summed E-state index contributed by atoms with van der Waals surface area (Å²) in [7, 11) is 0. The summed E-state index contributed by atoms with van der Waals surface area (Å²) in [5, 5.41) is 3.53. The third kappa shape index (κ3) is 3.98. The number of fused-ring (bicyclic) bond motifs is 5. The largest absolute Gasteiger partial charge is 0.316 e. The van der Waals surface area contributed by atoms with Crippen LogP contribution in [0, 0.1) is 23.7 Å². The first-order valence-corrected chi connectivity index (χ1v) is 9.44. The van der Waals surface area contributed by atoms with E-state index in [1.165, 1.54) is 57.8 Å². The summed E-state index contributed by atoms with van der Waals surface area (Å²) >= 11 is 0. The topological polar surface area (TPSA) is 31.4 Å². The van der Waals surface area contributed by atoms with Crippen molar-refractivity contribution in [2.45, 2.75) is 25.4 Å². The normalized spacial score (nSPS) is 36.9. The van der Waals surface area contributed by atoms with E-state index >= 15 is 0 Å². The van der Waals surface area contributed by atoms with Gasteiger partial charge in [0, 0.05) is 45.0 Å². The monoisotopic (exact) mass is 384 g/mol. The van der Waals surface area contributed by atoms with Crippen LogP contribution in [0.25, 0.3) is 0 Å². The standard InChI is InChI=1S/C19H28N4.2ClH/c1-2-6-21-15(3-1)11-23-10-14-4-5-16(23)12-22(9-14)13-19-17-7-20-8-18(17)19;;/h1-3,6,14,16-20H,4-5,7-13H2;2*1H/t14-,16+,17-,18+,19?;;/m0../s1. The van der Waals surface area contributed by atoms with E-state index in [1.54, 1.807) is 0 Å². The van der Waals surface area contributed by atoms with Crippen molar-refractivity contribution in [3.05, 3.63) is 30.1 Å². The molecule has 25 heavy (non-hydrogen) atoms. The van der Waals surface area contributed by atoms with Crippen LogP contribution in [0.1, 0.15) is 18.5 Å². The van der Waals surface area contributed by atoms with Gasteiger partial charge in [-0.05, 0) is 61.7 Å². The quantitative estimate of drug-likeness (QED) is 0.862. The molecule has 0 amide bonds. The van der Waals surface area contributed by atoms with Gasteiger partial charge in [0.1, 0.15) is 0 Å². The predicted molar refractivity (Wildman–Crippen MR) is 105 cm³/mol. The van der Waals surface area contributed by atoms with E-state index in [0.29, 0.717) is 0 Å². The number of rotatable bonds is 4. The van der Waals surface area contributed by atoms with Crippen molar-refractivity contribution < 1.29 is 0 Å². The summed E-state index contributed by atoms with van der Waals surface area (Å²) in [4.78, 5) is 10.1. The van der Waals surface area contributed by atoms with Gasteiger partial charge in [0.25, 0.3) is 0 Å². The van der Waals surface area contributed by atoms with Crippen LogP contribution in [0.15, 0.2) is 24.4 Å². The summed E-state index contributed by atoms with van der Waals surface area (Å²) in [5.41, 5.74) is 1.23. The highest BCUT2D eigenvalue weighted by molar-refractivity contribution is 5.85. The number of aromatic nitrogens is 1. The number of nitrogens with one attached hydrogen (secondary N) is 1. The Morgan fingerprint density at radius 1 is 1.04 bits per heavy atom. The first-order valence-electron chi connectivity index (χ1n) is 9.44. The van der Waals surface area contributed by atoms with Gasteiger partial charge in [-0.3, -0.25) is 9.88 Å². The summed E-state index contributed by atoms with van der Waals surface area (Å²) in [6, 6.07) is 7.05. The summed E-state index contributed by atoms with van der Waals surface area (Å²) in [6.07, 6.45) is 4.74. The number of hydrogen-bond acceptors (Lipinski definition) is 4. The van der Waals surface area contributed by atoms with Crippen LogP contribution in [0.2, 0.25) is 0 Å². The molecule has 1 aromatic heterocycles. The molecule has 0 spiro atoms. The highest BCUT2D eigenvalue weighted by Gasteiger charge is 2.53. The van der Waals surface area contributed by atoms with E-state index in [-0.39, 0.29) is 24.8 Å². The fourth-order valence-corrected chi connectivity index (χ4v) is 5.43. The number of hydrogen-bond donors (Lipinski definition) is 1. The van der Waals surface area contributed by atoms with Crippen LogP contribution in [0.4, 0.5) is 0 Å². The molecule has 140 valence electrons. The molecule has 4 aliphatic heterocycles. The lowest BCUT2D eigenvalue weighted by Crippen LogP contribution is -2.43. The molecular formula is C19H30Cl2N4. The molecule has 0 aromatic carbocycles. The smallest absolute Gasteiger partial charge is 0.0544 e. The molecule has 1 unspecified atom stereocenters. The van der Waals surface area contributed by atoms with Crippen molar-refractivity contribution >= 4 is 24.8 Å². The Balaban J connectivity index is 0.000000911. The predicted octanol–water partition coefficient (Wildman–Crippen LogP) is 2.29. The van der Waals surface area contributed by atoms with Crippen LogP contribution in [0.3, 0.4) is 0 Å². The average molecular weight is 385 g/mol. The van der Waals surface area contributed by atoms with Crippen LogP contribution in [-0.2, 0) is 6.54 Å². The lowest BCUT2D eigenvalue weighted by Gasteiger charge is -2.35. The number of piperidine rings is 2. The number of pyridine rings is 1. The van der Waals surface area contributed by atoms with Crippen molar-refractivity contribution in [2.75, 3.05) is 39.3 Å². The molecule has 5 aliphatic rings. The lowest BCUT2D eigenvalue weighted by atomic mass is 9.95. The highest BCUT2D eigenvalue weighted by Crippen LogP contribution is 2.49. The molecule has 5 atom stereocenters. The van der Waals surface area contributed by atoms with E-state index in [2.05, 4.69) is 32.2 Å². The molecule has 1 saturated carbocycles. The zero-order valence-corrected chi connectivity index (χ0v) is 16.4. The van der Waals surface area contributed by atoms with E-state index in [1.807, 2.05) is 12.3 Å². The Bertz CT molecular complexity index is 548. The number of halogens is 2. The zero-order valence-electron chi connectivity index (χ0n) is 14.7. The maximum absolute atomic E-state index is 4.54. The van der Waals surface area contributed by atoms with Crippen LogP contribution in [0.5, 0.6) is 0 Å². The minimum atomic E-state index is 0. The molecule has 1 aromatic rings. The second-order valence-corrected chi connectivity index (χ2v) is 8.22. The number of nitrogens with zero attached hydrogens (tertiary/aromatic N) is 3. The summed E-state index contributed by atoms with van der Waals surface area (Å²) in [5.74, 6) is 3.87. The first-order chi connectivity index (χ1) is 11.4. The van der Waals surface area contributed by atoms with Gasteiger partial charge >= 0.3 is 0 Å². The van der Waals surface area contributed by atoms with E-state index in [9.17, 15) is 0 Å². The summed E-state index contributed by atoms with van der Waals surface area (Å²) < 4.78 is 0. The maximum Gasteiger partial charge on any atom is 0.0544 e. The van der Waals surface area contributed by atoms with Crippen LogP contribution < -0.4 is 5.32 Å². The van der Waals surface area contributed by atoms with Crippen molar-refractivity contribution in [3.8, 4) is 0 Å². The molecule has 6 heteroatoms. The Morgan fingerprint density at radius 2 is 1.88 bits per heavy atom. The van der Waals surface area contributed by atoms with Gasteiger partial charge in [-0.25, -0.2) is 0 Å². The Hall–Kier alpha value is -0.390. The fourth-order valence-electron chi connectivity index (χ4n) is 5.43. The Morgan fingerprint density at radius 3 is 2.64 bits per heavy atom. The van der Waals surface area contributed by atoms with Crippen LogP contribution in [-0.4, -0.2) is 60.1 Å². The Labute approximate surface area is 163 Å². The van der Waals surface area contributed by atoms with Gasteiger partial charge < -0.3 is 10.2 Å². The molecule has 0 radical (unpaired) electrons. The molecule has 1 N–H and O–H groups in total. The molecule has 5 heterocycles. The van der Waals surface area contributed by atoms with E-state index in [0.717, 1.165) is 36.3 Å². The zero-order chi connectivity index (χ0) is 15.2. The van der Waals surface area contributed by atoms with Crippen LogP contribution >= 0.6 is 24.8 Å². The minimum absolute atomic E-state index is 0. The van der Waals surface area contributed by atoms with E-state index < -0.39 is 0 Å². The highest BCUT2D eigenvalue weighted by atomic mass is 35.5. The molecule has 4 nitrogen and oxygen atoms in total. The van der Waals surface area contributed by atoms with Crippen molar-refractivity contribution in [2.24, 2.45) is 23.7 Å². The van der Waals surface area contributed by atoms with Gasteiger partial charge in [0.2, 0.25) is 0 Å². The molecule has 6 rings (SSSR count). The fraction of sp³-hybridized carbons (Fsp3) is 0.737. The van der Waals surface area contributed by atoms with Gasteiger partial charge in [-0.15, -0.1) is 24.8 Å². The van der Waals surface area contributed by atoms with Crippen molar-refractivity contribution in [3.63, 3.8) is 0 Å². The second kappa shape index (κ2) is 8.10. The van der Waals surface area contributed by atoms with Gasteiger partial charge in [-0.2, -0.15) is 0 Å². The first kappa shape index (κ1) is 19.4. The summed E-state index contributed by atoms with van der Waals surface area (Å²) in [6.45, 7) is 8.85. The van der Waals surface area contributed by atoms with Crippen molar-refractivity contribution in [1.82, 2.24) is 20.1 Å². The average Bonchev–Trinajstić information content (AvgIpc) is 3.10. The third-order valence-corrected chi connectivity index (χ3v) is 6.73. The SMILES string of the molecule is Cl.Cl.c1ccc(CN2C[C@H]3CC[C@@H]2CN(CC2[C@H]4CNC[C@@H]24)C3)nc1.